The van der Waals surface area contributed by atoms with Crippen molar-refractivity contribution in [3.63, 3.8) is 0 Å². The van der Waals surface area contributed by atoms with Crippen LogP contribution < -0.4 is 5.73 Å². The molecular formula is C12H20N2. The second-order valence-corrected chi connectivity index (χ2v) is 5.18. The van der Waals surface area contributed by atoms with E-state index < -0.39 is 0 Å². The minimum absolute atomic E-state index is 0.844. The quantitative estimate of drug-likeness (QED) is 0.678. The van der Waals surface area contributed by atoms with Gasteiger partial charge in [-0.25, -0.2) is 0 Å². The van der Waals surface area contributed by atoms with E-state index in [1.807, 2.05) is 0 Å². The predicted molar refractivity (Wildman–Crippen MR) is 57.8 cm³/mol. The monoisotopic (exact) mass is 192 g/mol. The van der Waals surface area contributed by atoms with Crippen molar-refractivity contribution in [2.45, 2.75) is 12.8 Å². The van der Waals surface area contributed by atoms with Gasteiger partial charge in [-0.05, 0) is 49.6 Å². The summed E-state index contributed by atoms with van der Waals surface area (Å²) in [5, 5.41) is 0. The molecule has 0 radical (unpaired) electrons. The van der Waals surface area contributed by atoms with E-state index in [1.165, 1.54) is 32.5 Å². The summed E-state index contributed by atoms with van der Waals surface area (Å²) in [6.45, 7) is 4.76. The predicted octanol–water partition coefficient (Wildman–Crippen LogP) is 1.09. The van der Waals surface area contributed by atoms with Gasteiger partial charge in [-0.2, -0.15) is 0 Å². The maximum Gasteiger partial charge on any atom is 0.00188 e. The third kappa shape index (κ3) is 1.24. The van der Waals surface area contributed by atoms with Crippen LogP contribution in [-0.4, -0.2) is 31.1 Å². The van der Waals surface area contributed by atoms with Crippen molar-refractivity contribution in [2.75, 3.05) is 26.2 Å². The van der Waals surface area contributed by atoms with Crippen LogP contribution in [0.3, 0.4) is 0 Å². The molecule has 0 amide bonds. The van der Waals surface area contributed by atoms with Crippen molar-refractivity contribution in [3.8, 4) is 0 Å². The minimum atomic E-state index is 0.844. The van der Waals surface area contributed by atoms with E-state index in [0.717, 1.165) is 30.2 Å². The lowest BCUT2D eigenvalue weighted by Crippen LogP contribution is -2.25. The summed E-state index contributed by atoms with van der Waals surface area (Å²) in [5.74, 6) is 3.83. The Kier molecular flexibility index (Phi) is 2.14. The molecule has 2 nitrogen and oxygen atoms in total. The van der Waals surface area contributed by atoms with E-state index >= 15 is 0 Å². The molecule has 2 bridgehead atoms. The van der Waals surface area contributed by atoms with Gasteiger partial charge in [0.05, 0.1) is 0 Å². The van der Waals surface area contributed by atoms with E-state index in [2.05, 4.69) is 17.1 Å². The van der Waals surface area contributed by atoms with E-state index in [-0.39, 0.29) is 0 Å². The smallest absolute Gasteiger partial charge is 0.00188 e. The number of hydrogen-bond donors (Lipinski definition) is 1. The van der Waals surface area contributed by atoms with E-state index in [9.17, 15) is 0 Å². The van der Waals surface area contributed by atoms with Crippen molar-refractivity contribution in [1.82, 2.24) is 4.90 Å². The van der Waals surface area contributed by atoms with Crippen LogP contribution in [0.25, 0.3) is 0 Å². The lowest BCUT2D eigenvalue weighted by atomic mass is 9.86. The molecule has 1 aliphatic heterocycles. The van der Waals surface area contributed by atoms with Gasteiger partial charge in [-0.3, -0.25) is 0 Å². The highest BCUT2D eigenvalue weighted by atomic mass is 15.2. The maximum absolute atomic E-state index is 5.55. The fraction of sp³-hybridized carbons (Fsp3) is 0.833. The number of likely N-dealkylation sites (tertiary alicyclic amines) is 1. The van der Waals surface area contributed by atoms with Crippen LogP contribution in [0.5, 0.6) is 0 Å². The molecule has 1 saturated carbocycles. The minimum Gasteiger partial charge on any atom is -0.330 e. The standard InChI is InChI=1S/C12H20N2/c13-4-1-5-14-7-11-9-2-3-10(6-9)12(11)8-14/h2-3,9-12H,1,4-8,13H2/t9-,10-,11-,12+/m0/s1. The highest BCUT2D eigenvalue weighted by Crippen LogP contribution is 2.51. The Hall–Kier alpha value is -0.340. The number of fused-ring (bicyclic) bond motifs is 5. The summed E-state index contributed by atoms with van der Waals surface area (Å²) >= 11 is 0. The lowest BCUT2D eigenvalue weighted by molar-refractivity contribution is 0.297. The molecule has 0 spiro atoms. The summed E-state index contributed by atoms with van der Waals surface area (Å²) in [6.07, 6.45) is 7.57. The number of rotatable bonds is 3. The van der Waals surface area contributed by atoms with Crippen LogP contribution >= 0.6 is 0 Å². The van der Waals surface area contributed by atoms with E-state index in [1.54, 1.807) is 0 Å². The molecule has 2 heteroatoms. The molecule has 3 rings (SSSR count). The summed E-state index contributed by atoms with van der Waals surface area (Å²) in [6, 6.07) is 0. The Bertz CT molecular complexity index is 229. The van der Waals surface area contributed by atoms with E-state index in [4.69, 9.17) is 5.73 Å². The summed E-state index contributed by atoms with van der Waals surface area (Å²) in [7, 11) is 0. The van der Waals surface area contributed by atoms with Crippen molar-refractivity contribution < 1.29 is 0 Å². The third-order valence-electron chi connectivity index (χ3n) is 4.42. The molecule has 2 N–H and O–H groups in total. The largest absolute Gasteiger partial charge is 0.330 e. The van der Waals surface area contributed by atoms with Crippen LogP contribution in [-0.2, 0) is 0 Å². The number of nitrogens with zero attached hydrogens (tertiary/aromatic N) is 1. The van der Waals surface area contributed by atoms with Crippen molar-refractivity contribution in [3.05, 3.63) is 12.2 Å². The van der Waals surface area contributed by atoms with E-state index in [0.29, 0.717) is 0 Å². The molecule has 3 aliphatic rings. The van der Waals surface area contributed by atoms with Crippen LogP contribution in [0.4, 0.5) is 0 Å². The molecule has 1 heterocycles. The van der Waals surface area contributed by atoms with Crippen molar-refractivity contribution >= 4 is 0 Å². The normalized spacial score (nSPS) is 44.9. The SMILES string of the molecule is NCCCN1C[C@@H]2[C@H](C1)[C@H]1C=C[C@H]2C1. The van der Waals surface area contributed by atoms with Gasteiger partial charge in [0.25, 0.3) is 0 Å². The first kappa shape index (κ1) is 8.93. The van der Waals surface area contributed by atoms with Crippen LogP contribution in [0.1, 0.15) is 12.8 Å². The Labute approximate surface area is 86.1 Å². The average Bonchev–Trinajstić information content (AvgIpc) is 2.85. The van der Waals surface area contributed by atoms with Gasteiger partial charge < -0.3 is 10.6 Å². The van der Waals surface area contributed by atoms with Crippen molar-refractivity contribution in [2.24, 2.45) is 29.4 Å². The van der Waals surface area contributed by atoms with Gasteiger partial charge in [0.2, 0.25) is 0 Å². The van der Waals surface area contributed by atoms with Crippen LogP contribution in [0, 0.1) is 23.7 Å². The summed E-state index contributed by atoms with van der Waals surface area (Å²) in [4.78, 5) is 2.63. The number of hydrogen-bond acceptors (Lipinski definition) is 2. The Morgan fingerprint density at radius 3 is 2.36 bits per heavy atom. The second kappa shape index (κ2) is 3.35. The van der Waals surface area contributed by atoms with Gasteiger partial charge in [0.15, 0.2) is 0 Å². The molecule has 14 heavy (non-hydrogen) atoms. The molecule has 0 aromatic heterocycles. The molecule has 2 aliphatic carbocycles. The first-order valence-electron chi connectivity index (χ1n) is 5.99. The van der Waals surface area contributed by atoms with Gasteiger partial charge >= 0.3 is 0 Å². The average molecular weight is 192 g/mol. The molecule has 0 aromatic rings. The first-order chi connectivity index (χ1) is 6.88. The Morgan fingerprint density at radius 1 is 1.14 bits per heavy atom. The molecular weight excluding hydrogens is 172 g/mol. The van der Waals surface area contributed by atoms with Crippen LogP contribution in [0.2, 0.25) is 0 Å². The van der Waals surface area contributed by atoms with Crippen LogP contribution in [0.15, 0.2) is 12.2 Å². The highest BCUT2D eigenvalue weighted by molar-refractivity contribution is 5.16. The zero-order chi connectivity index (χ0) is 9.54. The maximum atomic E-state index is 5.55. The van der Waals surface area contributed by atoms with Gasteiger partial charge in [0, 0.05) is 13.1 Å². The molecule has 0 aromatic carbocycles. The highest BCUT2D eigenvalue weighted by Gasteiger charge is 2.48. The Morgan fingerprint density at radius 2 is 1.79 bits per heavy atom. The second-order valence-electron chi connectivity index (χ2n) is 5.18. The van der Waals surface area contributed by atoms with Gasteiger partial charge in [-0.15, -0.1) is 0 Å². The number of allylic oxidation sites excluding steroid dienone is 2. The fourth-order valence-electron chi connectivity index (χ4n) is 3.74. The molecule has 2 fully saturated rings. The van der Waals surface area contributed by atoms with Gasteiger partial charge in [0.1, 0.15) is 0 Å². The number of nitrogens with two attached hydrogens (primary N) is 1. The Balaban J connectivity index is 1.62. The lowest BCUT2D eigenvalue weighted by Gasteiger charge is -2.17. The zero-order valence-electron chi connectivity index (χ0n) is 8.73. The molecule has 0 unspecified atom stereocenters. The molecule has 78 valence electrons. The third-order valence-corrected chi connectivity index (χ3v) is 4.42. The molecule has 4 atom stereocenters. The zero-order valence-corrected chi connectivity index (χ0v) is 8.73. The first-order valence-corrected chi connectivity index (χ1v) is 5.99. The van der Waals surface area contributed by atoms with Crippen molar-refractivity contribution in [1.29, 1.82) is 0 Å². The summed E-state index contributed by atoms with van der Waals surface area (Å²) < 4.78 is 0. The fourth-order valence-corrected chi connectivity index (χ4v) is 3.74. The topological polar surface area (TPSA) is 29.3 Å². The summed E-state index contributed by atoms with van der Waals surface area (Å²) in [5.41, 5.74) is 5.55. The van der Waals surface area contributed by atoms with Gasteiger partial charge in [-0.1, -0.05) is 12.2 Å². The molecule has 1 saturated heterocycles.